The molecule has 0 radical (unpaired) electrons. The molecule has 0 aliphatic carbocycles. The zero-order chi connectivity index (χ0) is 15.7. The molecule has 1 saturated heterocycles. The van der Waals surface area contributed by atoms with Gasteiger partial charge < -0.3 is 14.9 Å². The highest BCUT2D eigenvalue weighted by Gasteiger charge is 2.50. The highest BCUT2D eigenvalue weighted by atomic mass is 16.6. The van der Waals surface area contributed by atoms with Gasteiger partial charge >= 0.3 is 12.1 Å². The monoisotopic (exact) mass is 287 g/mol. The van der Waals surface area contributed by atoms with Gasteiger partial charge in [0.15, 0.2) is 0 Å². The van der Waals surface area contributed by atoms with Crippen molar-refractivity contribution in [3.05, 3.63) is 0 Å². The fourth-order valence-electron chi connectivity index (χ4n) is 2.12. The molecule has 1 heterocycles. The summed E-state index contributed by atoms with van der Waals surface area (Å²) < 4.78 is 5.06. The molecule has 1 aliphatic rings. The first-order valence-corrected chi connectivity index (χ1v) is 6.55. The highest BCUT2D eigenvalue weighted by Crippen LogP contribution is 2.30. The molecule has 2 N–H and O–H groups in total. The Morgan fingerprint density at radius 3 is 2.40 bits per heavy atom. The van der Waals surface area contributed by atoms with E-state index in [1.165, 1.54) is 0 Å². The van der Waals surface area contributed by atoms with Crippen molar-refractivity contribution >= 4 is 18.0 Å². The van der Waals surface area contributed by atoms with E-state index in [4.69, 9.17) is 9.84 Å². The van der Waals surface area contributed by atoms with Crippen molar-refractivity contribution in [2.75, 3.05) is 0 Å². The lowest BCUT2D eigenvalue weighted by Crippen LogP contribution is -2.46. The van der Waals surface area contributed by atoms with Crippen molar-refractivity contribution in [1.29, 1.82) is 0 Å². The summed E-state index contributed by atoms with van der Waals surface area (Å²) in [6.45, 7) is 6.56. The van der Waals surface area contributed by atoms with Gasteiger partial charge in [-0.25, -0.2) is 14.5 Å². The lowest BCUT2D eigenvalue weighted by atomic mass is 9.97. The van der Waals surface area contributed by atoms with Crippen LogP contribution in [0.15, 0.2) is 0 Å². The average Bonchev–Trinajstić information content (AvgIpc) is 2.64. The summed E-state index contributed by atoms with van der Waals surface area (Å²) in [6.07, 6.45) is -1.73. The van der Waals surface area contributed by atoms with E-state index in [1.807, 2.05) is 0 Å². The second-order valence-corrected chi connectivity index (χ2v) is 5.86. The minimum Gasteiger partial charge on any atom is -0.480 e. The Hall–Kier alpha value is -1.63. The van der Waals surface area contributed by atoms with Gasteiger partial charge in [-0.05, 0) is 33.6 Å². The number of nitrogens with zero attached hydrogens (tertiary/aromatic N) is 1. The van der Waals surface area contributed by atoms with Crippen LogP contribution in [0.3, 0.4) is 0 Å². The lowest BCUT2D eigenvalue weighted by Gasteiger charge is -2.25. The molecule has 2 unspecified atom stereocenters. The first-order valence-electron chi connectivity index (χ1n) is 6.55. The number of carboxylic acids is 1. The molecule has 0 aromatic heterocycles. The maximum absolute atomic E-state index is 12.1. The van der Waals surface area contributed by atoms with E-state index in [1.54, 1.807) is 27.7 Å². The third kappa shape index (κ3) is 3.47. The van der Waals surface area contributed by atoms with Crippen molar-refractivity contribution in [3.63, 3.8) is 0 Å². The Morgan fingerprint density at radius 2 is 2.00 bits per heavy atom. The van der Waals surface area contributed by atoms with Gasteiger partial charge in [-0.1, -0.05) is 6.92 Å². The van der Waals surface area contributed by atoms with Gasteiger partial charge in [-0.15, -0.1) is 0 Å². The molecular formula is C13H21NO6. The Bertz CT molecular complexity index is 414. The van der Waals surface area contributed by atoms with Crippen molar-refractivity contribution < 1.29 is 29.3 Å². The van der Waals surface area contributed by atoms with Crippen molar-refractivity contribution in [2.24, 2.45) is 5.92 Å². The highest BCUT2D eigenvalue weighted by molar-refractivity contribution is 6.00. The third-order valence-electron chi connectivity index (χ3n) is 3.10. The number of carbonyl (C=O) groups is 3. The first kappa shape index (κ1) is 16.4. The van der Waals surface area contributed by atoms with Gasteiger partial charge in [0.2, 0.25) is 5.91 Å². The van der Waals surface area contributed by atoms with Crippen LogP contribution in [0.25, 0.3) is 0 Å². The molecule has 0 saturated carbocycles. The number of carbonyl (C=O) groups excluding carboxylic acids is 2. The molecule has 2 amide bonds. The number of likely N-dealkylation sites (tertiary alicyclic amines) is 1. The van der Waals surface area contributed by atoms with Crippen LogP contribution in [0, 0.1) is 5.92 Å². The predicted molar refractivity (Wildman–Crippen MR) is 68.9 cm³/mol. The summed E-state index contributed by atoms with van der Waals surface area (Å²) in [5.74, 6) is -2.86. The Labute approximate surface area is 117 Å². The first-order chi connectivity index (χ1) is 9.08. The number of hydrogen-bond donors (Lipinski definition) is 2. The Kier molecular flexibility index (Phi) is 4.75. The standard InChI is InChI=1S/C13H21NO6/c1-5-9(15)7-6-8(11(17)18)14(10(7)16)12(19)20-13(2,3)4/h7-9,15H,5-6H2,1-4H3,(H,17,18)/t7?,8?,9-/m0/s1. The molecule has 1 aliphatic heterocycles. The van der Waals surface area contributed by atoms with Crippen molar-refractivity contribution in [1.82, 2.24) is 4.90 Å². The number of ether oxygens (including phenoxy) is 1. The quantitative estimate of drug-likeness (QED) is 0.802. The molecule has 3 atom stereocenters. The van der Waals surface area contributed by atoms with E-state index < -0.39 is 41.6 Å². The molecule has 0 bridgehead atoms. The number of carboxylic acid groups (broad SMARTS) is 1. The Balaban J connectivity index is 2.99. The molecule has 0 spiro atoms. The number of aliphatic hydroxyl groups excluding tert-OH is 1. The van der Waals surface area contributed by atoms with E-state index in [2.05, 4.69) is 0 Å². The fraction of sp³-hybridized carbons (Fsp3) is 0.769. The zero-order valence-corrected chi connectivity index (χ0v) is 12.1. The second-order valence-electron chi connectivity index (χ2n) is 5.86. The molecule has 1 rings (SSSR count). The Morgan fingerprint density at radius 1 is 1.45 bits per heavy atom. The molecule has 114 valence electrons. The van der Waals surface area contributed by atoms with Crippen LogP contribution in [-0.4, -0.2) is 50.8 Å². The summed E-state index contributed by atoms with van der Waals surface area (Å²) in [6, 6.07) is -1.29. The number of rotatable bonds is 3. The molecule has 7 heteroatoms. The maximum atomic E-state index is 12.1. The van der Waals surface area contributed by atoms with Crippen LogP contribution in [0.1, 0.15) is 40.5 Å². The summed E-state index contributed by atoms with van der Waals surface area (Å²) in [5, 5.41) is 18.9. The van der Waals surface area contributed by atoms with Crippen LogP contribution >= 0.6 is 0 Å². The number of imide groups is 1. The molecule has 0 aromatic carbocycles. The van der Waals surface area contributed by atoms with Crippen LogP contribution in [0.5, 0.6) is 0 Å². The second kappa shape index (κ2) is 5.78. The summed E-state index contributed by atoms with van der Waals surface area (Å²) in [5.41, 5.74) is -0.831. The van der Waals surface area contributed by atoms with Crippen LogP contribution in [0.2, 0.25) is 0 Å². The summed E-state index contributed by atoms with van der Waals surface area (Å²) >= 11 is 0. The molecule has 1 fully saturated rings. The molecular weight excluding hydrogens is 266 g/mol. The normalized spacial score (nSPS) is 24.6. The average molecular weight is 287 g/mol. The van der Waals surface area contributed by atoms with Crippen molar-refractivity contribution in [2.45, 2.75) is 58.3 Å². The number of amides is 2. The fourth-order valence-corrected chi connectivity index (χ4v) is 2.12. The van der Waals surface area contributed by atoms with Crippen LogP contribution < -0.4 is 0 Å². The number of aliphatic hydroxyl groups is 1. The van der Waals surface area contributed by atoms with E-state index in [9.17, 15) is 19.5 Å². The van der Waals surface area contributed by atoms with E-state index in [0.717, 1.165) is 0 Å². The van der Waals surface area contributed by atoms with E-state index in [-0.39, 0.29) is 6.42 Å². The lowest BCUT2D eigenvalue weighted by molar-refractivity contribution is -0.146. The predicted octanol–water partition coefficient (Wildman–Crippen LogP) is 0.994. The van der Waals surface area contributed by atoms with Gasteiger partial charge in [-0.2, -0.15) is 0 Å². The van der Waals surface area contributed by atoms with Gasteiger partial charge in [0.1, 0.15) is 11.6 Å². The van der Waals surface area contributed by atoms with Gasteiger partial charge in [0.05, 0.1) is 12.0 Å². The van der Waals surface area contributed by atoms with E-state index >= 15 is 0 Å². The summed E-state index contributed by atoms with van der Waals surface area (Å²) in [7, 11) is 0. The van der Waals surface area contributed by atoms with Crippen LogP contribution in [0.4, 0.5) is 4.79 Å². The zero-order valence-electron chi connectivity index (χ0n) is 12.1. The van der Waals surface area contributed by atoms with Crippen LogP contribution in [-0.2, 0) is 14.3 Å². The smallest absolute Gasteiger partial charge is 0.417 e. The minimum absolute atomic E-state index is 0.0948. The third-order valence-corrected chi connectivity index (χ3v) is 3.10. The largest absolute Gasteiger partial charge is 0.480 e. The van der Waals surface area contributed by atoms with Gasteiger partial charge in [0, 0.05) is 0 Å². The number of hydrogen-bond acceptors (Lipinski definition) is 5. The number of aliphatic carboxylic acids is 1. The maximum Gasteiger partial charge on any atom is 0.417 e. The van der Waals surface area contributed by atoms with Crippen molar-refractivity contribution in [3.8, 4) is 0 Å². The molecule has 0 aromatic rings. The molecule has 7 nitrogen and oxygen atoms in total. The topological polar surface area (TPSA) is 104 Å². The molecule has 20 heavy (non-hydrogen) atoms. The van der Waals surface area contributed by atoms with E-state index in [0.29, 0.717) is 11.3 Å². The minimum atomic E-state index is -1.29. The van der Waals surface area contributed by atoms with Gasteiger partial charge in [0.25, 0.3) is 0 Å². The van der Waals surface area contributed by atoms with Gasteiger partial charge in [-0.3, -0.25) is 4.79 Å². The summed E-state index contributed by atoms with van der Waals surface area (Å²) in [4.78, 5) is 35.9. The SMILES string of the molecule is CC[C@H](O)C1CC(C(=O)O)N(C(=O)OC(C)(C)C)C1=O.